The summed E-state index contributed by atoms with van der Waals surface area (Å²) < 4.78 is 4.99. The number of ether oxygens (including phenoxy) is 1. The van der Waals surface area contributed by atoms with Crippen LogP contribution in [0.2, 0.25) is 0 Å². The van der Waals surface area contributed by atoms with E-state index >= 15 is 0 Å². The van der Waals surface area contributed by atoms with E-state index in [9.17, 15) is 25.2 Å². The standard InChI is InChI=1S/C17H16O6/c1-9(5-10-3-4-12(19)15(6-10)23-2)17(22)16-13(20)7-11(18)8-14(16)21/h3-8,18-21H,1-2H3. The van der Waals surface area contributed by atoms with Gasteiger partial charge in [-0.1, -0.05) is 6.07 Å². The third kappa shape index (κ3) is 3.37. The summed E-state index contributed by atoms with van der Waals surface area (Å²) in [6, 6.07) is 6.51. The first kappa shape index (κ1) is 16.2. The van der Waals surface area contributed by atoms with Crippen LogP contribution in [0.15, 0.2) is 35.9 Å². The van der Waals surface area contributed by atoms with Gasteiger partial charge < -0.3 is 25.2 Å². The molecule has 0 bridgehead atoms. The molecule has 0 atom stereocenters. The van der Waals surface area contributed by atoms with Crippen LogP contribution in [0, 0.1) is 0 Å². The topological polar surface area (TPSA) is 107 Å². The highest BCUT2D eigenvalue weighted by Crippen LogP contribution is 2.34. The monoisotopic (exact) mass is 316 g/mol. The highest BCUT2D eigenvalue weighted by molar-refractivity contribution is 6.14. The van der Waals surface area contributed by atoms with Crippen molar-refractivity contribution in [3.63, 3.8) is 0 Å². The van der Waals surface area contributed by atoms with E-state index in [1.165, 1.54) is 26.2 Å². The fourth-order valence-electron chi connectivity index (χ4n) is 2.13. The Hall–Kier alpha value is -3.15. The largest absolute Gasteiger partial charge is 0.508 e. The van der Waals surface area contributed by atoms with Crippen molar-refractivity contribution in [1.29, 1.82) is 0 Å². The Balaban J connectivity index is 2.40. The van der Waals surface area contributed by atoms with E-state index < -0.39 is 17.3 Å². The molecule has 0 fully saturated rings. The predicted octanol–water partition coefficient (Wildman–Crippen LogP) is 2.80. The van der Waals surface area contributed by atoms with Crippen LogP contribution < -0.4 is 4.74 Å². The predicted molar refractivity (Wildman–Crippen MR) is 84.1 cm³/mol. The molecule has 0 saturated heterocycles. The molecule has 0 saturated carbocycles. The highest BCUT2D eigenvalue weighted by atomic mass is 16.5. The lowest BCUT2D eigenvalue weighted by Gasteiger charge is -2.08. The lowest BCUT2D eigenvalue weighted by molar-refractivity contribution is 0.103. The number of ketones is 1. The second-order valence-corrected chi connectivity index (χ2v) is 4.95. The molecule has 0 radical (unpaired) electrons. The Morgan fingerprint density at radius 2 is 1.61 bits per heavy atom. The van der Waals surface area contributed by atoms with Crippen molar-refractivity contribution in [2.24, 2.45) is 0 Å². The summed E-state index contributed by atoms with van der Waals surface area (Å²) in [6.45, 7) is 1.52. The van der Waals surface area contributed by atoms with Crippen molar-refractivity contribution in [2.45, 2.75) is 6.92 Å². The van der Waals surface area contributed by atoms with E-state index in [0.29, 0.717) is 5.56 Å². The van der Waals surface area contributed by atoms with E-state index in [-0.39, 0.29) is 28.4 Å². The van der Waals surface area contributed by atoms with Crippen molar-refractivity contribution in [1.82, 2.24) is 0 Å². The SMILES string of the molecule is COc1cc(C=C(C)C(=O)c2c(O)cc(O)cc2O)ccc1O. The average molecular weight is 316 g/mol. The van der Waals surface area contributed by atoms with Gasteiger partial charge >= 0.3 is 0 Å². The molecule has 6 nitrogen and oxygen atoms in total. The minimum Gasteiger partial charge on any atom is -0.508 e. The molecule has 0 aliphatic rings. The molecule has 0 aromatic heterocycles. The molecule has 23 heavy (non-hydrogen) atoms. The molecule has 0 amide bonds. The van der Waals surface area contributed by atoms with Gasteiger partial charge in [-0.15, -0.1) is 0 Å². The summed E-state index contributed by atoms with van der Waals surface area (Å²) in [7, 11) is 1.41. The number of methoxy groups -OCH3 is 1. The van der Waals surface area contributed by atoms with Gasteiger partial charge in [0.25, 0.3) is 0 Å². The maximum atomic E-state index is 12.4. The molecule has 0 aliphatic heterocycles. The Kier molecular flexibility index (Phi) is 4.45. The van der Waals surface area contributed by atoms with Gasteiger partial charge in [-0.2, -0.15) is 0 Å². The van der Waals surface area contributed by atoms with Crippen LogP contribution in [-0.4, -0.2) is 33.3 Å². The fraction of sp³-hybridized carbons (Fsp3) is 0.118. The van der Waals surface area contributed by atoms with Crippen molar-refractivity contribution in [2.75, 3.05) is 7.11 Å². The summed E-state index contributed by atoms with van der Waals surface area (Å²) >= 11 is 0. The number of carbonyl (C=O) groups excluding carboxylic acids is 1. The van der Waals surface area contributed by atoms with Crippen molar-refractivity contribution in [3.8, 4) is 28.7 Å². The molecule has 0 heterocycles. The normalized spacial score (nSPS) is 11.3. The molecule has 0 spiro atoms. The number of benzene rings is 2. The van der Waals surface area contributed by atoms with Crippen molar-refractivity contribution in [3.05, 3.63) is 47.0 Å². The van der Waals surface area contributed by atoms with Gasteiger partial charge in [-0.25, -0.2) is 0 Å². The van der Waals surface area contributed by atoms with Crippen LogP contribution >= 0.6 is 0 Å². The zero-order chi connectivity index (χ0) is 17.1. The van der Waals surface area contributed by atoms with Gasteiger partial charge in [0.2, 0.25) is 0 Å². The van der Waals surface area contributed by atoms with Crippen LogP contribution in [0.25, 0.3) is 6.08 Å². The number of Topliss-reactive ketones (excluding diaryl/α,β-unsaturated/α-hetero) is 1. The Morgan fingerprint density at radius 3 is 2.17 bits per heavy atom. The molecule has 4 N–H and O–H groups in total. The maximum absolute atomic E-state index is 12.4. The second kappa shape index (κ2) is 6.31. The van der Waals surface area contributed by atoms with Gasteiger partial charge in [0, 0.05) is 12.1 Å². The first-order valence-electron chi connectivity index (χ1n) is 6.68. The van der Waals surface area contributed by atoms with E-state index in [4.69, 9.17) is 4.74 Å². The highest BCUT2D eigenvalue weighted by Gasteiger charge is 2.19. The Labute approximate surface area is 132 Å². The molecule has 6 heteroatoms. The summed E-state index contributed by atoms with van der Waals surface area (Å²) in [4.78, 5) is 12.4. The smallest absolute Gasteiger partial charge is 0.196 e. The van der Waals surface area contributed by atoms with E-state index in [1.807, 2.05) is 0 Å². The lowest BCUT2D eigenvalue weighted by Crippen LogP contribution is -2.01. The number of phenolic OH excluding ortho intramolecular Hbond substituents is 4. The number of hydrogen-bond donors (Lipinski definition) is 4. The van der Waals surface area contributed by atoms with Crippen LogP contribution in [-0.2, 0) is 0 Å². The minimum absolute atomic E-state index is 0.0255. The number of hydrogen-bond acceptors (Lipinski definition) is 6. The van der Waals surface area contributed by atoms with Gasteiger partial charge in [0.1, 0.15) is 22.8 Å². The summed E-state index contributed by atoms with van der Waals surface area (Å²) in [5.74, 6) is -1.72. The third-order valence-corrected chi connectivity index (χ3v) is 3.25. The molecule has 2 aromatic carbocycles. The molecule has 0 aliphatic carbocycles. The quantitative estimate of drug-likeness (QED) is 0.510. The summed E-state index contributed by atoms with van der Waals surface area (Å²) in [6.07, 6.45) is 1.52. The van der Waals surface area contributed by atoms with Crippen molar-refractivity contribution < 1.29 is 30.0 Å². The van der Waals surface area contributed by atoms with E-state index in [0.717, 1.165) is 12.1 Å². The van der Waals surface area contributed by atoms with Gasteiger partial charge in [-0.3, -0.25) is 4.79 Å². The molecule has 120 valence electrons. The number of rotatable bonds is 4. The van der Waals surface area contributed by atoms with Crippen molar-refractivity contribution >= 4 is 11.9 Å². The van der Waals surface area contributed by atoms with E-state index in [2.05, 4.69) is 0 Å². The Bertz CT molecular complexity index is 769. The fourth-order valence-corrected chi connectivity index (χ4v) is 2.13. The molecule has 2 aromatic rings. The first-order valence-corrected chi connectivity index (χ1v) is 6.68. The van der Waals surface area contributed by atoms with Crippen LogP contribution in [0.3, 0.4) is 0 Å². The van der Waals surface area contributed by atoms with Gasteiger partial charge in [0.05, 0.1) is 7.11 Å². The van der Waals surface area contributed by atoms with Crippen LogP contribution in [0.4, 0.5) is 0 Å². The maximum Gasteiger partial charge on any atom is 0.196 e. The number of phenols is 4. The zero-order valence-corrected chi connectivity index (χ0v) is 12.6. The zero-order valence-electron chi connectivity index (χ0n) is 12.6. The molecule has 2 rings (SSSR count). The van der Waals surface area contributed by atoms with Crippen LogP contribution in [0.5, 0.6) is 28.7 Å². The minimum atomic E-state index is -0.591. The number of allylic oxidation sites excluding steroid dienone is 1. The third-order valence-electron chi connectivity index (χ3n) is 3.25. The lowest BCUT2D eigenvalue weighted by atomic mass is 10.00. The van der Waals surface area contributed by atoms with Gasteiger partial charge in [-0.05, 0) is 36.3 Å². The average Bonchev–Trinajstić information content (AvgIpc) is 2.47. The van der Waals surface area contributed by atoms with Gasteiger partial charge in [0.15, 0.2) is 17.3 Å². The summed E-state index contributed by atoms with van der Waals surface area (Å²) in [5.41, 5.74) is 0.555. The summed E-state index contributed by atoms with van der Waals surface area (Å²) in [5, 5.41) is 38.3. The molecule has 0 unspecified atom stereocenters. The number of aromatic hydroxyl groups is 4. The molecular formula is C17H16O6. The van der Waals surface area contributed by atoms with E-state index in [1.54, 1.807) is 12.1 Å². The number of carbonyl (C=O) groups is 1. The van der Waals surface area contributed by atoms with Crippen LogP contribution in [0.1, 0.15) is 22.8 Å². The second-order valence-electron chi connectivity index (χ2n) is 4.95. The first-order chi connectivity index (χ1) is 10.8. The Morgan fingerprint density at radius 1 is 1.00 bits per heavy atom. The molecular weight excluding hydrogens is 300 g/mol.